The minimum atomic E-state index is -0.207. The first-order chi connectivity index (χ1) is 9.22. The standard InChI is InChI=1S/C16H17NO2/c1-19-16(7-3-8-16)11-15(18)13-5-6-14-12(10-13)4-2-9-17-14/h2,4-6,9-10H,3,7-8,11H2,1H3. The number of nitrogens with zero attached hydrogens (tertiary/aromatic N) is 1. The first kappa shape index (κ1) is 12.3. The third-order valence-electron chi connectivity index (χ3n) is 4.11. The number of rotatable bonds is 4. The van der Waals surface area contributed by atoms with Crippen LogP contribution in [0, 0.1) is 0 Å². The number of ether oxygens (including phenoxy) is 1. The van der Waals surface area contributed by atoms with Gasteiger partial charge in [-0.25, -0.2) is 0 Å². The Bertz CT molecular complexity index is 611. The molecule has 3 nitrogen and oxygen atoms in total. The van der Waals surface area contributed by atoms with E-state index in [0.717, 1.165) is 35.7 Å². The van der Waals surface area contributed by atoms with E-state index in [2.05, 4.69) is 4.98 Å². The SMILES string of the molecule is COC1(CC(=O)c2ccc3ncccc3c2)CCC1. The normalized spacial score (nSPS) is 17.1. The van der Waals surface area contributed by atoms with Crippen LogP contribution in [0.15, 0.2) is 36.5 Å². The largest absolute Gasteiger partial charge is 0.378 e. The maximum Gasteiger partial charge on any atom is 0.165 e. The molecule has 0 aliphatic heterocycles. The number of aromatic nitrogens is 1. The highest BCUT2D eigenvalue weighted by Gasteiger charge is 2.39. The van der Waals surface area contributed by atoms with E-state index < -0.39 is 0 Å². The average Bonchev–Trinajstić information content (AvgIpc) is 2.42. The van der Waals surface area contributed by atoms with Crippen molar-refractivity contribution < 1.29 is 9.53 Å². The Morgan fingerprint density at radius 1 is 1.37 bits per heavy atom. The maximum atomic E-state index is 12.4. The van der Waals surface area contributed by atoms with Gasteiger partial charge < -0.3 is 4.74 Å². The second-order valence-electron chi connectivity index (χ2n) is 5.25. The zero-order valence-corrected chi connectivity index (χ0v) is 11.1. The van der Waals surface area contributed by atoms with E-state index in [1.54, 1.807) is 13.3 Å². The zero-order chi connectivity index (χ0) is 13.3. The highest BCUT2D eigenvalue weighted by molar-refractivity contribution is 5.99. The maximum absolute atomic E-state index is 12.4. The van der Waals surface area contributed by atoms with Crippen LogP contribution in [0.4, 0.5) is 0 Å². The third-order valence-corrected chi connectivity index (χ3v) is 4.11. The van der Waals surface area contributed by atoms with Crippen LogP contribution in [0.2, 0.25) is 0 Å². The van der Waals surface area contributed by atoms with Crippen LogP contribution in [0.1, 0.15) is 36.0 Å². The highest BCUT2D eigenvalue weighted by atomic mass is 16.5. The highest BCUT2D eigenvalue weighted by Crippen LogP contribution is 2.38. The van der Waals surface area contributed by atoms with E-state index in [4.69, 9.17) is 4.74 Å². The Balaban J connectivity index is 1.85. The van der Waals surface area contributed by atoms with E-state index in [0.29, 0.717) is 6.42 Å². The number of fused-ring (bicyclic) bond motifs is 1. The van der Waals surface area contributed by atoms with Crippen molar-refractivity contribution in [2.24, 2.45) is 0 Å². The number of pyridine rings is 1. The summed E-state index contributed by atoms with van der Waals surface area (Å²) in [5, 5.41) is 1.01. The molecule has 1 saturated carbocycles. The molecule has 0 N–H and O–H groups in total. The molecule has 1 aliphatic carbocycles. The van der Waals surface area contributed by atoms with Gasteiger partial charge in [0.25, 0.3) is 0 Å². The Kier molecular flexibility index (Phi) is 3.07. The number of ketones is 1. The first-order valence-electron chi connectivity index (χ1n) is 6.66. The van der Waals surface area contributed by atoms with Gasteiger partial charge in [0, 0.05) is 30.7 Å². The molecule has 1 aliphatic rings. The monoisotopic (exact) mass is 255 g/mol. The number of hydrogen-bond acceptors (Lipinski definition) is 3. The van der Waals surface area contributed by atoms with Gasteiger partial charge in [0.05, 0.1) is 11.1 Å². The number of carbonyl (C=O) groups is 1. The van der Waals surface area contributed by atoms with Crippen LogP contribution >= 0.6 is 0 Å². The molecule has 1 fully saturated rings. The Morgan fingerprint density at radius 2 is 2.21 bits per heavy atom. The summed E-state index contributed by atoms with van der Waals surface area (Å²) in [6, 6.07) is 9.56. The molecule has 0 unspecified atom stereocenters. The Labute approximate surface area is 112 Å². The summed E-state index contributed by atoms with van der Waals surface area (Å²) in [5.74, 6) is 0.160. The van der Waals surface area contributed by atoms with Crippen molar-refractivity contribution in [1.29, 1.82) is 0 Å². The van der Waals surface area contributed by atoms with Crippen molar-refractivity contribution in [2.45, 2.75) is 31.3 Å². The molecule has 3 rings (SSSR count). The molecule has 0 radical (unpaired) electrons. The molecule has 0 spiro atoms. The smallest absolute Gasteiger partial charge is 0.165 e. The molecule has 2 aromatic rings. The van der Waals surface area contributed by atoms with Gasteiger partial charge in [-0.2, -0.15) is 0 Å². The molecule has 98 valence electrons. The van der Waals surface area contributed by atoms with E-state index in [1.807, 2.05) is 30.3 Å². The number of benzene rings is 1. The summed E-state index contributed by atoms with van der Waals surface area (Å²) in [5.41, 5.74) is 1.47. The van der Waals surface area contributed by atoms with Gasteiger partial charge in [0.15, 0.2) is 5.78 Å². The lowest BCUT2D eigenvalue weighted by Crippen LogP contribution is -2.41. The molecule has 0 bridgehead atoms. The summed E-state index contributed by atoms with van der Waals surface area (Å²) in [6.07, 6.45) is 5.38. The lowest BCUT2D eigenvalue weighted by molar-refractivity contribution is -0.0704. The van der Waals surface area contributed by atoms with Crippen LogP contribution in [-0.4, -0.2) is 23.5 Å². The molecule has 1 heterocycles. The van der Waals surface area contributed by atoms with Gasteiger partial charge in [0.1, 0.15) is 0 Å². The van der Waals surface area contributed by atoms with Crippen molar-refractivity contribution in [1.82, 2.24) is 4.98 Å². The van der Waals surface area contributed by atoms with E-state index >= 15 is 0 Å². The van der Waals surface area contributed by atoms with Gasteiger partial charge >= 0.3 is 0 Å². The second kappa shape index (κ2) is 4.74. The number of methoxy groups -OCH3 is 1. The summed E-state index contributed by atoms with van der Waals surface area (Å²) >= 11 is 0. The first-order valence-corrected chi connectivity index (χ1v) is 6.66. The predicted octanol–water partition coefficient (Wildman–Crippen LogP) is 3.38. The Morgan fingerprint density at radius 3 is 2.89 bits per heavy atom. The quantitative estimate of drug-likeness (QED) is 0.786. The molecular formula is C16H17NO2. The fourth-order valence-electron chi connectivity index (χ4n) is 2.67. The van der Waals surface area contributed by atoms with Crippen LogP contribution in [-0.2, 0) is 4.74 Å². The topological polar surface area (TPSA) is 39.2 Å². The predicted molar refractivity (Wildman–Crippen MR) is 74.3 cm³/mol. The lowest BCUT2D eigenvalue weighted by Gasteiger charge is -2.40. The summed E-state index contributed by atoms with van der Waals surface area (Å²) < 4.78 is 5.52. The molecule has 1 aromatic carbocycles. The van der Waals surface area contributed by atoms with Gasteiger partial charge in [0.2, 0.25) is 0 Å². The fourth-order valence-corrected chi connectivity index (χ4v) is 2.67. The van der Waals surface area contributed by atoms with Gasteiger partial charge in [-0.15, -0.1) is 0 Å². The van der Waals surface area contributed by atoms with E-state index in [-0.39, 0.29) is 11.4 Å². The van der Waals surface area contributed by atoms with Crippen LogP contribution in [0.3, 0.4) is 0 Å². The summed E-state index contributed by atoms with van der Waals surface area (Å²) in [4.78, 5) is 16.6. The average molecular weight is 255 g/mol. The van der Waals surface area contributed by atoms with Crippen molar-refractivity contribution in [3.63, 3.8) is 0 Å². The molecule has 1 aromatic heterocycles. The van der Waals surface area contributed by atoms with Crippen molar-refractivity contribution in [3.05, 3.63) is 42.1 Å². The second-order valence-corrected chi connectivity index (χ2v) is 5.25. The fraction of sp³-hybridized carbons (Fsp3) is 0.375. The van der Waals surface area contributed by atoms with Gasteiger partial charge in [-0.05, 0) is 43.5 Å². The van der Waals surface area contributed by atoms with Crippen LogP contribution < -0.4 is 0 Å². The minimum absolute atomic E-state index is 0.160. The molecule has 19 heavy (non-hydrogen) atoms. The molecule has 0 saturated heterocycles. The third kappa shape index (κ3) is 2.26. The number of hydrogen-bond donors (Lipinski definition) is 0. The van der Waals surface area contributed by atoms with Crippen molar-refractivity contribution in [3.8, 4) is 0 Å². The van der Waals surface area contributed by atoms with E-state index in [9.17, 15) is 4.79 Å². The summed E-state index contributed by atoms with van der Waals surface area (Å²) in [6.45, 7) is 0. The van der Waals surface area contributed by atoms with Crippen molar-refractivity contribution in [2.75, 3.05) is 7.11 Å². The molecule has 3 heteroatoms. The number of carbonyl (C=O) groups excluding carboxylic acids is 1. The van der Waals surface area contributed by atoms with Gasteiger partial charge in [-0.3, -0.25) is 9.78 Å². The molecule has 0 atom stereocenters. The number of Topliss-reactive ketones (excluding diaryl/α,β-unsaturated/α-hetero) is 1. The van der Waals surface area contributed by atoms with Crippen LogP contribution in [0.5, 0.6) is 0 Å². The Hall–Kier alpha value is -1.74. The van der Waals surface area contributed by atoms with Gasteiger partial charge in [-0.1, -0.05) is 6.07 Å². The minimum Gasteiger partial charge on any atom is -0.378 e. The van der Waals surface area contributed by atoms with Crippen LogP contribution in [0.25, 0.3) is 10.9 Å². The van der Waals surface area contributed by atoms with E-state index in [1.165, 1.54) is 0 Å². The zero-order valence-electron chi connectivity index (χ0n) is 11.1. The summed E-state index contributed by atoms with van der Waals surface area (Å²) in [7, 11) is 1.71. The lowest BCUT2D eigenvalue weighted by atomic mass is 9.76. The van der Waals surface area contributed by atoms with Crippen molar-refractivity contribution >= 4 is 16.7 Å². The molecule has 0 amide bonds. The molecular weight excluding hydrogens is 238 g/mol.